The van der Waals surface area contributed by atoms with Gasteiger partial charge in [-0.1, -0.05) is 18.2 Å². The van der Waals surface area contributed by atoms with Crippen molar-refractivity contribution in [3.05, 3.63) is 35.4 Å². The third kappa shape index (κ3) is 10.3. The normalized spacial score (nSPS) is 15.9. The first-order valence-corrected chi connectivity index (χ1v) is 8.04. The fraction of sp³-hybridized carbons (Fsp3) is 0.375. The molecule has 1 aromatic rings. The zero-order valence-corrected chi connectivity index (χ0v) is 15.5. The van der Waals surface area contributed by atoms with E-state index in [0.29, 0.717) is 25.1 Å². The average molecular weight is 460 g/mol. The van der Waals surface area contributed by atoms with Crippen LogP contribution >= 0.6 is 0 Å². The van der Waals surface area contributed by atoms with Crippen LogP contribution in [0.4, 0.5) is 26.3 Å². The van der Waals surface area contributed by atoms with E-state index in [1.165, 1.54) is 0 Å². The highest BCUT2D eigenvalue weighted by atomic mass is 19.4. The molecule has 1 saturated heterocycles. The number of rotatable bonds is 3. The second-order valence-corrected chi connectivity index (χ2v) is 5.87. The number of nitrogens with two attached hydrogens (primary N) is 2. The minimum Gasteiger partial charge on any atom is -0.475 e. The van der Waals surface area contributed by atoms with E-state index in [-0.39, 0.29) is 17.8 Å². The van der Waals surface area contributed by atoms with Gasteiger partial charge in [-0.15, -0.1) is 0 Å². The number of benzene rings is 1. The molecule has 15 heteroatoms. The molecule has 31 heavy (non-hydrogen) atoms. The van der Waals surface area contributed by atoms with Gasteiger partial charge in [0, 0.05) is 18.7 Å². The molecule has 2 rings (SSSR count). The number of nitrogen functional groups attached to an aromatic ring is 1. The van der Waals surface area contributed by atoms with Crippen molar-refractivity contribution in [3.63, 3.8) is 0 Å². The second kappa shape index (κ2) is 11.1. The minimum atomic E-state index is -5.08. The minimum absolute atomic E-state index is 0.00164. The lowest BCUT2D eigenvalue weighted by molar-refractivity contribution is -0.193. The van der Waals surface area contributed by atoms with Gasteiger partial charge >= 0.3 is 24.3 Å². The summed E-state index contributed by atoms with van der Waals surface area (Å²) < 4.78 is 63.5. The van der Waals surface area contributed by atoms with Crippen molar-refractivity contribution in [2.75, 3.05) is 6.54 Å². The van der Waals surface area contributed by atoms with Crippen LogP contribution in [0.2, 0.25) is 0 Å². The molecule has 7 N–H and O–H groups in total. The van der Waals surface area contributed by atoms with Crippen molar-refractivity contribution >= 4 is 23.7 Å². The van der Waals surface area contributed by atoms with Gasteiger partial charge in [0.2, 0.25) is 5.91 Å². The largest absolute Gasteiger partial charge is 0.490 e. The molecule has 0 spiro atoms. The van der Waals surface area contributed by atoms with E-state index in [1.54, 1.807) is 11.0 Å². The van der Waals surface area contributed by atoms with Gasteiger partial charge in [0.05, 0.1) is 6.04 Å². The van der Waals surface area contributed by atoms with Crippen LogP contribution in [0.3, 0.4) is 0 Å². The van der Waals surface area contributed by atoms with E-state index in [2.05, 4.69) is 0 Å². The van der Waals surface area contributed by atoms with Crippen LogP contribution in [0.25, 0.3) is 0 Å². The summed E-state index contributed by atoms with van der Waals surface area (Å²) in [4.78, 5) is 31.2. The van der Waals surface area contributed by atoms with Crippen LogP contribution in [0.15, 0.2) is 24.3 Å². The van der Waals surface area contributed by atoms with Crippen molar-refractivity contribution in [2.45, 2.75) is 31.4 Å². The maximum Gasteiger partial charge on any atom is 0.490 e. The number of carboxylic acid groups (broad SMARTS) is 2. The Morgan fingerprint density at radius 2 is 1.55 bits per heavy atom. The average Bonchev–Trinajstić information content (AvgIpc) is 2.93. The first-order chi connectivity index (χ1) is 14.0. The SMILES string of the molecule is N=C(N)c1cccc(CN2CC[C@H](N)C2=O)c1.O=C(O)C(F)(F)F.O=C(O)C(F)(F)F. The third-order valence-corrected chi connectivity index (χ3v) is 3.44. The van der Waals surface area contributed by atoms with E-state index in [1.807, 2.05) is 18.2 Å². The second-order valence-electron chi connectivity index (χ2n) is 5.87. The molecule has 0 unspecified atom stereocenters. The summed E-state index contributed by atoms with van der Waals surface area (Å²) in [6.07, 6.45) is -9.45. The summed E-state index contributed by atoms with van der Waals surface area (Å²) in [6, 6.07) is 7.02. The Labute approximate surface area is 170 Å². The summed E-state index contributed by atoms with van der Waals surface area (Å²) >= 11 is 0. The lowest BCUT2D eigenvalue weighted by atomic mass is 10.1. The number of halogens is 6. The molecule has 0 bridgehead atoms. The highest BCUT2D eigenvalue weighted by molar-refractivity contribution is 5.95. The van der Waals surface area contributed by atoms with Gasteiger partial charge in [0.25, 0.3) is 0 Å². The van der Waals surface area contributed by atoms with Crippen LogP contribution < -0.4 is 11.5 Å². The zero-order chi connectivity index (χ0) is 24.6. The van der Waals surface area contributed by atoms with Crippen LogP contribution in [-0.2, 0) is 20.9 Å². The number of carbonyl (C=O) groups is 3. The number of carboxylic acids is 2. The van der Waals surface area contributed by atoms with Gasteiger partial charge in [-0.25, -0.2) is 9.59 Å². The molecule has 0 aliphatic carbocycles. The topological polar surface area (TPSA) is 171 Å². The number of nitrogens with zero attached hydrogens (tertiary/aromatic N) is 1. The van der Waals surface area contributed by atoms with E-state index in [4.69, 9.17) is 36.7 Å². The summed E-state index contributed by atoms with van der Waals surface area (Å²) in [7, 11) is 0. The van der Waals surface area contributed by atoms with Gasteiger partial charge < -0.3 is 26.6 Å². The predicted molar refractivity (Wildman–Crippen MR) is 92.8 cm³/mol. The number of alkyl halides is 6. The lowest BCUT2D eigenvalue weighted by Gasteiger charge is -2.16. The fourth-order valence-electron chi connectivity index (χ4n) is 1.98. The Balaban J connectivity index is 0.000000536. The predicted octanol–water partition coefficient (Wildman–Crippen LogP) is 1.30. The Morgan fingerprint density at radius 3 is 1.87 bits per heavy atom. The van der Waals surface area contributed by atoms with Crippen LogP contribution in [0, 0.1) is 5.41 Å². The Hall–Kier alpha value is -3.36. The molecule has 0 aromatic heterocycles. The first kappa shape index (κ1) is 27.6. The van der Waals surface area contributed by atoms with Crippen molar-refractivity contribution < 1.29 is 50.9 Å². The summed E-state index contributed by atoms with van der Waals surface area (Å²) in [5.41, 5.74) is 12.7. The molecule has 1 amide bonds. The monoisotopic (exact) mass is 460 g/mol. The van der Waals surface area contributed by atoms with Crippen LogP contribution in [0.1, 0.15) is 17.5 Å². The first-order valence-electron chi connectivity index (χ1n) is 8.04. The van der Waals surface area contributed by atoms with Gasteiger partial charge in [-0.05, 0) is 18.1 Å². The molecule has 1 fully saturated rings. The van der Waals surface area contributed by atoms with Gasteiger partial charge in [-0.2, -0.15) is 26.3 Å². The molecule has 0 saturated carbocycles. The van der Waals surface area contributed by atoms with Crippen LogP contribution in [-0.4, -0.2) is 63.7 Å². The number of amidine groups is 1. The molecule has 1 aromatic carbocycles. The molecule has 1 atom stereocenters. The quantitative estimate of drug-likeness (QED) is 0.257. The smallest absolute Gasteiger partial charge is 0.475 e. The number of likely N-dealkylation sites (tertiary alicyclic amines) is 1. The van der Waals surface area contributed by atoms with Gasteiger partial charge in [-0.3, -0.25) is 10.2 Å². The number of amides is 1. The van der Waals surface area contributed by atoms with Crippen molar-refractivity contribution in [1.29, 1.82) is 5.41 Å². The van der Waals surface area contributed by atoms with Crippen molar-refractivity contribution in [2.24, 2.45) is 11.5 Å². The Morgan fingerprint density at radius 1 is 1.10 bits per heavy atom. The molecule has 1 aliphatic rings. The van der Waals surface area contributed by atoms with E-state index < -0.39 is 24.3 Å². The number of carbonyl (C=O) groups excluding carboxylic acids is 1. The Kier molecular flexibility index (Phi) is 9.94. The molecule has 1 aliphatic heterocycles. The molecular formula is C16H18F6N4O5. The maximum atomic E-state index is 11.7. The standard InChI is InChI=1S/C12H16N4O.2C2HF3O2/c13-10-4-5-16(12(10)17)7-8-2-1-3-9(6-8)11(14)15;2*3-2(4,5)1(6)7/h1-3,6,10H,4-5,7,13H2,(H3,14,15);2*(H,6,7)/t10-;;/m0../s1. The third-order valence-electron chi connectivity index (χ3n) is 3.44. The van der Waals surface area contributed by atoms with Gasteiger partial charge in [0.15, 0.2) is 0 Å². The fourth-order valence-corrected chi connectivity index (χ4v) is 1.98. The number of nitrogens with one attached hydrogen (secondary N) is 1. The number of aliphatic carboxylic acids is 2. The van der Waals surface area contributed by atoms with E-state index in [0.717, 1.165) is 5.56 Å². The van der Waals surface area contributed by atoms with Crippen LogP contribution in [0.5, 0.6) is 0 Å². The highest BCUT2D eigenvalue weighted by Crippen LogP contribution is 2.15. The summed E-state index contributed by atoms with van der Waals surface area (Å²) in [5.74, 6) is -5.48. The highest BCUT2D eigenvalue weighted by Gasteiger charge is 2.38. The van der Waals surface area contributed by atoms with E-state index in [9.17, 15) is 31.1 Å². The maximum absolute atomic E-state index is 11.7. The van der Waals surface area contributed by atoms with Gasteiger partial charge in [0.1, 0.15) is 5.84 Å². The number of hydrogen-bond donors (Lipinski definition) is 5. The van der Waals surface area contributed by atoms with E-state index >= 15 is 0 Å². The molecule has 0 radical (unpaired) electrons. The molecular weight excluding hydrogens is 442 g/mol. The van der Waals surface area contributed by atoms with Crippen molar-refractivity contribution in [3.8, 4) is 0 Å². The molecule has 9 nitrogen and oxygen atoms in total. The Bertz CT molecular complexity index is 788. The number of hydrogen-bond acceptors (Lipinski definition) is 5. The molecule has 1 heterocycles. The lowest BCUT2D eigenvalue weighted by Crippen LogP contribution is -2.33. The summed E-state index contributed by atoms with van der Waals surface area (Å²) in [5, 5.41) is 21.6. The zero-order valence-electron chi connectivity index (χ0n) is 15.5. The van der Waals surface area contributed by atoms with Crippen molar-refractivity contribution in [1.82, 2.24) is 4.90 Å². The molecule has 174 valence electrons. The summed E-state index contributed by atoms with van der Waals surface area (Å²) in [6.45, 7) is 1.23.